The van der Waals surface area contributed by atoms with Gasteiger partial charge in [0.1, 0.15) is 0 Å². The number of hydrogen-bond acceptors (Lipinski definition) is 0. The molecule has 0 radical (unpaired) electrons. The van der Waals surface area contributed by atoms with E-state index in [2.05, 4.69) is 108 Å². The van der Waals surface area contributed by atoms with Crippen molar-refractivity contribution in [2.75, 3.05) is 0 Å². The molecule has 3 aromatic carbocycles. The molecule has 28 heavy (non-hydrogen) atoms. The molecule has 0 unspecified atom stereocenters. The summed E-state index contributed by atoms with van der Waals surface area (Å²) in [6.45, 7) is 14.0. The molecule has 0 N–H and O–H groups in total. The second-order valence-corrected chi connectivity index (χ2v) is 10.9. The molecule has 142 valence electrons. The highest BCUT2D eigenvalue weighted by Crippen LogP contribution is 2.40. The van der Waals surface area contributed by atoms with E-state index in [9.17, 15) is 0 Å². The first-order chi connectivity index (χ1) is 13.2. The van der Waals surface area contributed by atoms with Crippen molar-refractivity contribution < 1.29 is 0 Å². The van der Waals surface area contributed by atoms with Gasteiger partial charge in [0.25, 0.3) is 0 Å². The maximum atomic E-state index is 2.33. The molecule has 1 aliphatic carbocycles. The summed E-state index contributed by atoms with van der Waals surface area (Å²) in [5.41, 5.74) is 8.64. The third-order valence-electron chi connectivity index (χ3n) is 5.53. The van der Waals surface area contributed by atoms with Crippen LogP contribution in [-0.2, 0) is 10.8 Å². The zero-order chi connectivity index (χ0) is 20.1. The third-order valence-corrected chi connectivity index (χ3v) is 6.94. The molecule has 0 saturated carbocycles. The molecular weight excluding hydrogens is 355 g/mol. The predicted molar refractivity (Wildman–Crippen MR) is 125 cm³/mol. The molecule has 0 spiro atoms. The molecule has 0 heterocycles. The molecule has 3 aromatic rings. The van der Waals surface area contributed by atoms with Crippen molar-refractivity contribution in [1.29, 1.82) is 0 Å². The fraction of sp³-hybridized carbons (Fsp3) is 0.296. The van der Waals surface area contributed by atoms with Crippen LogP contribution in [0.1, 0.15) is 63.8 Å². The Morgan fingerprint density at radius 1 is 0.500 bits per heavy atom. The number of benzene rings is 3. The fourth-order valence-electron chi connectivity index (χ4n) is 4.10. The monoisotopic (exact) mass is 384 g/mol. The molecule has 0 saturated heterocycles. The van der Waals surface area contributed by atoms with E-state index in [-0.39, 0.29) is 10.8 Å². The fourth-order valence-corrected chi connectivity index (χ4v) is 6.02. The Kier molecular flexibility index (Phi) is 4.59. The Morgan fingerprint density at radius 2 is 0.893 bits per heavy atom. The molecule has 0 atom stereocenters. The Bertz CT molecular complexity index is 992. The molecule has 0 amide bonds. The highest BCUT2D eigenvalue weighted by molar-refractivity contribution is 7.50. The maximum Gasteiger partial charge on any atom is 0.0181 e. The van der Waals surface area contributed by atoms with Gasteiger partial charge >= 0.3 is 0 Å². The summed E-state index contributed by atoms with van der Waals surface area (Å²) in [6, 6.07) is 24.6. The van der Waals surface area contributed by atoms with Gasteiger partial charge in [0.05, 0.1) is 0 Å². The summed E-state index contributed by atoms with van der Waals surface area (Å²) in [6.07, 6.45) is 0. The SMILES string of the molecule is CC(C)(C)c1cccc(C(C)(C)C)c1P=C1c2ccccc2-c2ccccc21. The van der Waals surface area contributed by atoms with Crippen LogP contribution in [0.3, 0.4) is 0 Å². The van der Waals surface area contributed by atoms with Gasteiger partial charge < -0.3 is 0 Å². The quantitative estimate of drug-likeness (QED) is 0.307. The molecule has 1 heteroatoms. The molecule has 0 bridgehead atoms. The van der Waals surface area contributed by atoms with Gasteiger partial charge in [0.2, 0.25) is 0 Å². The summed E-state index contributed by atoms with van der Waals surface area (Å²) in [4.78, 5) is 0. The van der Waals surface area contributed by atoms with Crippen molar-refractivity contribution in [1.82, 2.24) is 0 Å². The van der Waals surface area contributed by atoms with E-state index in [0.29, 0.717) is 0 Å². The number of fused-ring (bicyclic) bond motifs is 3. The standard InChI is InChI=1S/C27H29P/c1-26(2,3)22-16-11-17-23(27(4,5)6)25(22)28-24-20-14-9-7-12-18(20)19-13-8-10-15-21(19)24/h7-17H,1-6H3. The summed E-state index contributed by atoms with van der Waals surface area (Å²) < 4.78 is 0. The maximum absolute atomic E-state index is 2.33. The average Bonchev–Trinajstić information content (AvgIpc) is 2.95. The molecular formula is C27H29P. The Balaban J connectivity index is 2.05. The highest BCUT2D eigenvalue weighted by atomic mass is 31.1. The lowest BCUT2D eigenvalue weighted by Gasteiger charge is -2.28. The van der Waals surface area contributed by atoms with Gasteiger partial charge in [-0.25, -0.2) is 0 Å². The zero-order valence-corrected chi connectivity index (χ0v) is 18.7. The van der Waals surface area contributed by atoms with E-state index in [0.717, 1.165) is 0 Å². The first-order valence-electron chi connectivity index (χ1n) is 10.1. The zero-order valence-electron chi connectivity index (χ0n) is 17.8. The second kappa shape index (κ2) is 6.71. The molecule has 0 aliphatic heterocycles. The van der Waals surface area contributed by atoms with E-state index in [1.165, 1.54) is 52.2 Å². The van der Waals surface area contributed by atoms with Crippen LogP contribution in [0.2, 0.25) is 0 Å². The Morgan fingerprint density at radius 3 is 1.29 bits per heavy atom. The van der Waals surface area contributed by atoms with Gasteiger partial charge in [-0.3, -0.25) is 0 Å². The van der Waals surface area contributed by atoms with Crippen LogP contribution >= 0.6 is 8.20 Å². The van der Waals surface area contributed by atoms with Gasteiger partial charge in [-0.2, -0.15) is 0 Å². The average molecular weight is 385 g/mol. The molecule has 0 aromatic heterocycles. The van der Waals surface area contributed by atoms with Gasteiger partial charge in [-0.05, 0) is 44.2 Å². The summed E-state index contributed by atoms with van der Waals surface area (Å²) in [5.74, 6) is 0. The van der Waals surface area contributed by atoms with Gasteiger partial charge in [-0.1, -0.05) is 116 Å². The summed E-state index contributed by atoms with van der Waals surface area (Å²) in [5, 5.41) is 2.91. The van der Waals surface area contributed by atoms with Crippen LogP contribution in [0.25, 0.3) is 11.1 Å². The van der Waals surface area contributed by atoms with Crippen molar-refractivity contribution in [2.24, 2.45) is 0 Å². The number of rotatable bonds is 1. The van der Waals surface area contributed by atoms with E-state index in [4.69, 9.17) is 0 Å². The van der Waals surface area contributed by atoms with Crippen LogP contribution in [0.4, 0.5) is 0 Å². The lowest BCUT2D eigenvalue weighted by molar-refractivity contribution is 0.576. The summed E-state index contributed by atoms with van der Waals surface area (Å²) in [7, 11) is 1.31. The van der Waals surface area contributed by atoms with Crippen molar-refractivity contribution in [2.45, 2.75) is 52.4 Å². The van der Waals surface area contributed by atoms with Crippen molar-refractivity contribution in [3.05, 3.63) is 89.0 Å². The van der Waals surface area contributed by atoms with Crippen molar-refractivity contribution in [3.63, 3.8) is 0 Å². The second-order valence-electron chi connectivity index (χ2n) is 9.75. The van der Waals surface area contributed by atoms with Gasteiger partial charge in [0, 0.05) is 10.6 Å². The van der Waals surface area contributed by atoms with Crippen LogP contribution in [0, 0.1) is 0 Å². The van der Waals surface area contributed by atoms with E-state index < -0.39 is 0 Å². The van der Waals surface area contributed by atoms with Crippen molar-refractivity contribution in [3.8, 4) is 11.1 Å². The normalized spacial score (nSPS) is 13.6. The minimum Gasteiger partial charge on any atom is -0.0616 e. The molecule has 0 fully saturated rings. The molecule has 0 nitrogen and oxygen atoms in total. The predicted octanol–water partition coefficient (Wildman–Crippen LogP) is 7.10. The third kappa shape index (κ3) is 3.25. The topological polar surface area (TPSA) is 0 Å². The van der Waals surface area contributed by atoms with Crippen LogP contribution in [0.15, 0.2) is 66.7 Å². The number of hydrogen-bond donors (Lipinski definition) is 0. The van der Waals surface area contributed by atoms with Gasteiger partial charge in [-0.15, -0.1) is 0 Å². The van der Waals surface area contributed by atoms with Gasteiger partial charge in [0.15, 0.2) is 0 Å². The summed E-state index contributed by atoms with van der Waals surface area (Å²) >= 11 is 0. The first-order valence-corrected chi connectivity index (χ1v) is 11.0. The van der Waals surface area contributed by atoms with E-state index in [1.54, 1.807) is 0 Å². The van der Waals surface area contributed by atoms with E-state index >= 15 is 0 Å². The molecule has 1 aliphatic rings. The van der Waals surface area contributed by atoms with Crippen LogP contribution in [0.5, 0.6) is 0 Å². The lowest BCUT2D eigenvalue weighted by Crippen LogP contribution is -2.27. The minimum atomic E-state index is 0.113. The Labute approximate surface area is 171 Å². The van der Waals surface area contributed by atoms with Crippen LogP contribution < -0.4 is 5.30 Å². The van der Waals surface area contributed by atoms with E-state index in [1.807, 2.05) is 0 Å². The smallest absolute Gasteiger partial charge is 0.0181 e. The Hall–Kier alpha value is -2.17. The lowest BCUT2D eigenvalue weighted by atomic mass is 9.80. The van der Waals surface area contributed by atoms with Crippen molar-refractivity contribution >= 4 is 18.8 Å². The largest absolute Gasteiger partial charge is 0.0616 e. The molecule has 4 rings (SSSR count). The first kappa shape index (κ1) is 19.2. The highest BCUT2D eigenvalue weighted by Gasteiger charge is 2.28. The minimum absolute atomic E-state index is 0.113. The van der Waals surface area contributed by atoms with Crippen LogP contribution in [-0.4, -0.2) is 5.29 Å².